The second-order valence-corrected chi connectivity index (χ2v) is 6.67. The van der Waals surface area contributed by atoms with Gasteiger partial charge in [0.15, 0.2) is 0 Å². The normalized spacial score (nSPS) is 20.8. The summed E-state index contributed by atoms with van der Waals surface area (Å²) in [5, 5.41) is 2.97. The van der Waals surface area contributed by atoms with Crippen molar-refractivity contribution in [3.8, 4) is 0 Å². The molecule has 1 saturated carbocycles. The van der Waals surface area contributed by atoms with Crippen LogP contribution in [0.15, 0.2) is 22.8 Å². The highest BCUT2D eigenvalue weighted by Gasteiger charge is 2.36. The molecule has 0 unspecified atom stereocenters. The molecule has 0 radical (unpaired) electrons. The molecule has 2 fully saturated rings. The van der Waals surface area contributed by atoms with Crippen LogP contribution in [0.1, 0.15) is 37.9 Å². The number of amides is 2. The van der Waals surface area contributed by atoms with Gasteiger partial charge in [-0.1, -0.05) is 0 Å². The van der Waals surface area contributed by atoms with Crippen LogP contribution in [0, 0.1) is 11.8 Å². The third kappa shape index (κ3) is 4.84. The minimum atomic E-state index is -0.0644. The number of likely N-dealkylation sites (tertiary alicyclic amines) is 1. The van der Waals surface area contributed by atoms with Crippen molar-refractivity contribution >= 4 is 11.8 Å². The van der Waals surface area contributed by atoms with Crippen molar-refractivity contribution in [3.05, 3.63) is 24.2 Å². The molecule has 1 aromatic heterocycles. The zero-order chi connectivity index (χ0) is 16.8. The Bertz CT molecular complexity index is 539. The molecule has 3 rings (SSSR count). The third-order valence-electron chi connectivity index (χ3n) is 4.62. The lowest BCUT2D eigenvalue weighted by atomic mass is 9.96. The van der Waals surface area contributed by atoms with Gasteiger partial charge < -0.3 is 19.4 Å². The lowest BCUT2D eigenvalue weighted by Gasteiger charge is -2.32. The van der Waals surface area contributed by atoms with Crippen LogP contribution in [-0.2, 0) is 20.9 Å². The van der Waals surface area contributed by atoms with E-state index in [9.17, 15) is 9.59 Å². The fourth-order valence-corrected chi connectivity index (χ4v) is 3.08. The second kappa shape index (κ2) is 8.33. The van der Waals surface area contributed by atoms with Crippen molar-refractivity contribution in [2.24, 2.45) is 11.8 Å². The van der Waals surface area contributed by atoms with Crippen LogP contribution >= 0.6 is 0 Å². The first-order valence-electron chi connectivity index (χ1n) is 8.90. The van der Waals surface area contributed by atoms with Gasteiger partial charge in [0.1, 0.15) is 12.4 Å². The number of hydrogen-bond donors (Lipinski definition) is 1. The lowest BCUT2D eigenvalue weighted by Crippen LogP contribution is -2.46. The zero-order valence-electron chi connectivity index (χ0n) is 14.0. The maximum absolute atomic E-state index is 12.3. The Labute approximate surface area is 142 Å². The van der Waals surface area contributed by atoms with Crippen LogP contribution in [0.2, 0.25) is 0 Å². The number of carbonyl (C=O) groups is 2. The SMILES string of the molecule is O=C(NCCCOCc1ccco1)[C@H]1CCCN(C(=O)C2CC2)C1. The number of piperidine rings is 1. The first-order valence-corrected chi connectivity index (χ1v) is 8.90. The van der Waals surface area contributed by atoms with Crippen LogP contribution in [0.5, 0.6) is 0 Å². The van der Waals surface area contributed by atoms with Crippen LogP contribution in [0.25, 0.3) is 0 Å². The Morgan fingerprint density at radius 1 is 1.29 bits per heavy atom. The number of nitrogens with one attached hydrogen (secondary N) is 1. The summed E-state index contributed by atoms with van der Waals surface area (Å²) in [4.78, 5) is 26.3. The summed E-state index contributed by atoms with van der Waals surface area (Å²) in [5.41, 5.74) is 0. The number of ether oxygens (including phenoxy) is 1. The molecule has 1 aromatic rings. The predicted octanol–water partition coefficient (Wildman–Crippen LogP) is 1.95. The number of hydrogen-bond acceptors (Lipinski definition) is 4. The van der Waals surface area contributed by atoms with Crippen molar-refractivity contribution in [1.29, 1.82) is 0 Å². The Kier molecular flexibility index (Phi) is 5.91. The molecule has 1 aliphatic carbocycles. The fraction of sp³-hybridized carbons (Fsp3) is 0.667. The van der Waals surface area contributed by atoms with E-state index in [2.05, 4.69) is 5.32 Å². The van der Waals surface area contributed by atoms with E-state index in [0.29, 0.717) is 26.3 Å². The predicted molar refractivity (Wildman–Crippen MR) is 88.0 cm³/mol. The van der Waals surface area contributed by atoms with Gasteiger partial charge in [-0.25, -0.2) is 0 Å². The molecular weight excluding hydrogens is 308 g/mol. The smallest absolute Gasteiger partial charge is 0.225 e. The molecule has 0 bridgehead atoms. The highest BCUT2D eigenvalue weighted by atomic mass is 16.5. The topological polar surface area (TPSA) is 71.8 Å². The fourth-order valence-electron chi connectivity index (χ4n) is 3.08. The molecule has 2 amide bonds. The number of nitrogens with zero attached hydrogens (tertiary/aromatic N) is 1. The van der Waals surface area contributed by atoms with Crippen LogP contribution < -0.4 is 5.32 Å². The standard InChI is InChI=1S/C18H26N2O4/c21-17(19-8-3-10-23-13-16-5-2-11-24-16)15-4-1-9-20(12-15)18(22)14-6-7-14/h2,5,11,14-15H,1,3-4,6-10,12-13H2,(H,19,21)/t15-/m0/s1. The van der Waals surface area contributed by atoms with Gasteiger partial charge in [-0.05, 0) is 44.2 Å². The molecule has 1 aliphatic heterocycles. The summed E-state index contributed by atoms with van der Waals surface area (Å²) >= 11 is 0. The van der Waals surface area contributed by atoms with Gasteiger partial charge in [0, 0.05) is 32.2 Å². The molecule has 2 heterocycles. The van der Waals surface area contributed by atoms with Gasteiger partial charge in [0.25, 0.3) is 0 Å². The molecular formula is C18H26N2O4. The number of furan rings is 1. The Hall–Kier alpha value is -1.82. The summed E-state index contributed by atoms with van der Waals surface area (Å²) in [6.45, 7) is 3.03. The van der Waals surface area contributed by atoms with Crippen molar-refractivity contribution in [1.82, 2.24) is 10.2 Å². The highest BCUT2D eigenvalue weighted by molar-refractivity contribution is 5.83. The quantitative estimate of drug-likeness (QED) is 0.738. The third-order valence-corrected chi connectivity index (χ3v) is 4.62. The van der Waals surface area contributed by atoms with E-state index < -0.39 is 0 Å². The van der Waals surface area contributed by atoms with Gasteiger partial charge in [0.2, 0.25) is 11.8 Å². The molecule has 0 aromatic carbocycles. The molecule has 1 N–H and O–H groups in total. The minimum absolute atomic E-state index is 0.0642. The average Bonchev–Trinajstić information content (AvgIpc) is 3.33. The maximum atomic E-state index is 12.3. The molecule has 0 spiro atoms. The van der Waals surface area contributed by atoms with E-state index >= 15 is 0 Å². The zero-order valence-corrected chi connectivity index (χ0v) is 14.0. The molecule has 2 aliphatic rings. The van der Waals surface area contributed by atoms with E-state index in [1.165, 1.54) is 0 Å². The van der Waals surface area contributed by atoms with E-state index in [4.69, 9.17) is 9.15 Å². The molecule has 1 saturated heterocycles. The Morgan fingerprint density at radius 3 is 2.92 bits per heavy atom. The summed E-state index contributed by atoms with van der Waals surface area (Å²) in [6.07, 6.45) is 6.22. The highest BCUT2D eigenvalue weighted by Crippen LogP contribution is 2.32. The largest absolute Gasteiger partial charge is 0.467 e. The van der Waals surface area contributed by atoms with Crippen molar-refractivity contribution < 1.29 is 18.7 Å². The molecule has 6 nitrogen and oxygen atoms in total. The first-order chi connectivity index (χ1) is 11.7. The van der Waals surface area contributed by atoms with Gasteiger partial charge >= 0.3 is 0 Å². The van der Waals surface area contributed by atoms with E-state index in [0.717, 1.165) is 44.4 Å². The number of carbonyl (C=O) groups excluding carboxylic acids is 2. The summed E-state index contributed by atoms with van der Waals surface area (Å²) < 4.78 is 10.7. The Balaban J connectivity index is 1.29. The van der Waals surface area contributed by atoms with Gasteiger partial charge in [0.05, 0.1) is 12.2 Å². The maximum Gasteiger partial charge on any atom is 0.225 e. The van der Waals surface area contributed by atoms with Crippen molar-refractivity contribution in [2.75, 3.05) is 26.2 Å². The molecule has 6 heteroatoms. The van der Waals surface area contributed by atoms with Gasteiger partial charge in [-0.2, -0.15) is 0 Å². The van der Waals surface area contributed by atoms with E-state index in [-0.39, 0.29) is 23.7 Å². The molecule has 24 heavy (non-hydrogen) atoms. The lowest BCUT2D eigenvalue weighted by molar-refractivity contribution is -0.136. The second-order valence-electron chi connectivity index (χ2n) is 6.67. The number of rotatable bonds is 8. The van der Waals surface area contributed by atoms with Gasteiger partial charge in [-0.3, -0.25) is 9.59 Å². The molecule has 132 valence electrons. The van der Waals surface area contributed by atoms with Crippen LogP contribution in [0.4, 0.5) is 0 Å². The minimum Gasteiger partial charge on any atom is -0.467 e. The van der Waals surface area contributed by atoms with Crippen molar-refractivity contribution in [3.63, 3.8) is 0 Å². The first kappa shape index (κ1) is 17.0. The van der Waals surface area contributed by atoms with Crippen molar-refractivity contribution in [2.45, 2.75) is 38.7 Å². The van der Waals surface area contributed by atoms with E-state index in [1.807, 2.05) is 17.0 Å². The Morgan fingerprint density at radius 2 is 2.17 bits per heavy atom. The summed E-state index contributed by atoms with van der Waals surface area (Å²) in [5.74, 6) is 1.29. The summed E-state index contributed by atoms with van der Waals surface area (Å²) in [7, 11) is 0. The summed E-state index contributed by atoms with van der Waals surface area (Å²) in [6, 6.07) is 3.71. The average molecular weight is 334 g/mol. The monoisotopic (exact) mass is 334 g/mol. The molecule has 1 atom stereocenters. The van der Waals surface area contributed by atoms with Crippen LogP contribution in [0.3, 0.4) is 0 Å². The van der Waals surface area contributed by atoms with Crippen LogP contribution in [-0.4, -0.2) is 43.0 Å². The van der Waals surface area contributed by atoms with E-state index in [1.54, 1.807) is 6.26 Å². The van der Waals surface area contributed by atoms with Gasteiger partial charge in [-0.15, -0.1) is 0 Å².